The summed E-state index contributed by atoms with van der Waals surface area (Å²) in [6.07, 6.45) is -7.56. The first kappa shape index (κ1) is 29.0. The maximum Gasteiger partial charge on any atom is 0.435 e. The molecule has 1 aliphatic heterocycles. The van der Waals surface area contributed by atoms with Crippen LogP contribution in [-0.4, -0.2) is 44.7 Å². The minimum Gasteiger partial charge on any atom is -0.340 e. The Hall–Kier alpha value is -2.96. The number of sulfone groups is 1. The number of allylic oxidation sites excluding steroid dienone is 2. The lowest BCUT2D eigenvalue weighted by Gasteiger charge is -2.33. The molecule has 4 nitrogen and oxygen atoms in total. The van der Waals surface area contributed by atoms with Crippen LogP contribution in [-0.2, 0) is 25.0 Å². The molecular weight excluding hydrogens is 558 g/mol. The van der Waals surface area contributed by atoms with E-state index in [1.165, 1.54) is 4.90 Å². The maximum atomic E-state index is 14.6. The Balaban J connectivity index is 1.80. The molecule has 2 unspecified atom stereocenters. The zero-order valence-corrected chi connectivity index (χ0v) is 21.0. The summed E-state index contributed by atoms with van der Waals surface area (Å²) < 4.78 is 133. The highest BCUT2D eigenvalue weighted by molar-refractivity contribution is 7.92. The van der Waals surface area contributed by atoms with Crippen molar-refractivity contribution in [3.63, 3.8) is 0 Å². The van der Waals surface area contributed by atoms with Crippen molar-refractivity contribution in [3.8, 4) is 0 Å². The molecule has 2 aromatic carbocycles. The average molecular weight is 582 g/mol. The Morgan fingerprint density at radius 2 is 1.46 bits per heavy atom. The third-order valence-corrected chi connectivity index (χ3v) is 9.88. The predicted molar refractivity (Wildman–Crippen MR) is 124 cm³/mol. The number of carbonyl (C=O) groups excluding carboxylic acids is 1. The fourth-order valence-electron chi connectivity index (χ4n) is 5.19. The number of likely N-dealkylation sites (tertiary alicyclic amines) is 1. The molecule has 1 saturated heterocycles. The van der Waals surface area contributed by atoms with Gasteiger partial charge in [-0.2, -0.15) is 26.3 Å². The van der Waals surface area contributed by atoms with E-state index in [0.29, 0.717) is 31.4 Å². The van der Waals surface area contributed by atoms with Gasteiger partial charge < -0.3 is 4.90 Å². The van der Waals surface area contributed by atoms with E-state index in [9.17, 15) is 48.3 Å². The van der Waals surface area contributed by atoms with E-state index in [2.05, 4.69) is 0 Å². The topological polar surface area (TPSA) is 54.5 Å². The van der Waals surface area contributed by atoms with Crippen LogP contribution in [0.3, 0.4) is 0 Å². The molecule has 1 heterocycles. The van der Waals surface area contributed by atoms with Crippen molar-refractivity contribution in [2.45, 2.75) is 53.3 Å². The quantitative estimate of drug-likeness (QED) is 0.234. The Bertz CT molecular complexity index is 1340. The summed E-state index contributed by atoms with van der Waals surface area (Å²) in [6, 6.07) is 5.68. The van der Waals surface area contributed by atoms with Crippen molar-refractivity contribution in [2.75, 3.05) is 13.1 Å². The van der Waals surface area contributed by atoms with Crippen molar-refractivity contribution in [3.05, 3.63) is 77.6 Å². The van der Waals surface area contributed by atoms with Crippen LogP contribution in [0.4, 0.5) is 35.1 Å². The summed E-state index contributed by atoms with van der Waals surface area (Å²) in [5.74, 6) is -1.48. The monoisotopic (exact) mass is 581 g/mol. The Morgan fingerprint density at radius 1 is 0.872 bits per heavy atom. The summed E-state index contributed by atoms with van der Waals surface area (Å²) in [4.78, 5) is 14.1. The van der Waals surface area contributed by atoms with Crippen molar-refractivity contribution in [2.24, 2.45) is 5.92 Å². The minimum absolute atomic E-state index is 0.0562. The van der Waals surface area contributed by atoms with Gasteiger partial charge >= 0.3 is 18.0 Å². The van der Waals surface area contributed by atoms with E-state index in [0.717, 1.165) is 24.3 Å². The van der Waals surface area contributed by atoms with E-state index in [-0.39, 0.29) is 41.5 Å². The van der Waals surface area contributed by atoms with Crippen molar-refractivity contribution in [1.29, 1.82) is 0 Å². The van der Waals surface area contributed by atoms with Gasteiger partial charge in [0.05, 0.1) is 4.90 Å². The highest BCUT2D eigenvalue weighted by Crippen LogP contribution is 2.54. The number of hydrogen-bond donors (Lipinski definition) is 0. The van der Waals surface area contributed by atoms with Crippen LogP contribution in [0.5, 0.6) is 0 Å². The third kappa shape index (κ3) is 4.82. The second-order valence-corrected chi connectivity index (χ2v) is 11.9. The second kappa shape index (κ2) is 9.90. The van der Waals surface area contributed by atoms with Crippen LogP contribution < -0.4 is 0 Å². The number of hydrogen-bond acceptors (Lipinski definition) is 3. The van der Waals surface area contributed by atoms with Gasteiger partial charge in [0.2, 0.25) is 5.91 Å². The molecule has 2 aliphatic rings. The molecular formula is C26H23F8NO3S. The van der Waals surface area contributed by atoms with Crippen molar-refractivity contribution < 1.29 is 48.3 Å². The van der Waals surface area contributed by atoms with E-state index in [4.69, 9.17) is 0 Å². The normalized spacial score (nSPS) is 22.8. The fourth-order valence-corrected chi connectivity index (χ4v) is 7.27. The van der Waals surface area contributed by atoms with Gasteiger partial charge in [-0.1, -0.05) is 36.4 Å². The number of nitrogens with zero attached hydrogens (tertiary/aromatic N) is 1. The first-order valence-corrected chi connectivity index (χ1v) is 13.4. The van der Waals surface area contributed by atoms with Gasteiger partial charge in [0.15, 0.2) is 9.84 Å². The molecule has 2 aromatic rings. The maximum absolute atomic E-state index is 14.6. The van der Waals surface area contributed by atoms with Crippen molar-refractivity contribution >= 4 is 15.7 Å². The van der Waals surface area contributed by atoms with E-state index < -0.39 is 56.4 Å². The lowest BCUT2D eigenvalue weighted by molar-refractivity contribution is -0.348. The molecule has 0 radical (unpaired) electrons. The average Bonchev–Trinajstić information content (AvgIpc) is 3.35. The van der Waals surface area contributed by atoms with Crippen molar-refractivity contribution in [1.82, 2.24) is 4.90 Å². The van der Waals surface area contributed by atoms with Crippen LogP contribution in [0, 0.1) is 11.7 Å². The molecule has 2 atom stereocenters. The summed E-state index contributed by atoms with van der Waals surface area (Å²) in [5, 5.41) is 0. The molecule has 0 spiro atoms. The molecule has 1 fully saturated rings. The Morgan fingerprint density at radius 3 is 1.97 bits per heavy atom. The number of carbonyl (C=O) groups is 1. The lowest BCUT2D eigenvalue weighted by Crippen LogP contribution is -2.50. The van der Waals surface area contributed by atoms with E-state index in [1.54, 1.807) is 0 Å². The summed E-state index contributed by atoms with van der Waals surface area (Å²) in [5.41, 5.74) is -7.67. The number of halogens is 8. The van der Waals surface area contributed by atoms with Gasteiger partial charge in [-0.15, -0.1) is 0 Å². The zero-order chi connectivity index (χ0) is 28.9. The Kier molecular flexibility index (Phi) is 7.37. The van der Waals surface area contributed by atoms with Gasteiger partial charge in [0.25, 0.3) is 0 Å². The van der Waals surface area contributed by atoms with E-state index >= 15 is 0 Å². The van der Waals surface area contributed by atoms with Crippen LogP contribution in [0.25, 0.3) is 0 Å². The highest BCUT2D eigenvalue weighted by atomic mass is 32.2. The number of rotatable bonds is 5. The number of benzene rings is 2. The SMILES string of the molecule is O=C(C1CC=CCC1)N1CCC(c2ccc(C(F)(C(F)(F)F)C(F)(F)F)cc2)(S(=O)(=O)c2ccc(F)cc2)C1. The largest absolute Gasteiger partial charge is 0.435 e. The summed E-state index contributed by atoms with van der Waals surface area (Å²) >= 11 is 0. The zero-order valence-electron chi connectivity index (χ0n) is 20.2. The number of alkyl halides is 7. The molecule has 13 heteroatoms. The summed E-state index contributed by atoms with van der Waals surface area (Å²) in [6.45, 7) is -0.496. The van der Waals surface area contributed by atoms with Crippen LogP contribution in [0.2, 0.25) is 0 Å². The first-order valence-electron chi connectivity index (χ1n) is 11.9. The molecule has 1 aliphatic carbocycles. The highest BCUT2D eigenvalue weighted by Gasteiger charge is 2.73. The first-order chi connectivity index (χ1) is 18.0. The molecule has 4 rings (SSSR count). The van der Waals surface area contributed by atoms with Crippen LogP contribution >= 0.6 is 0 Å². The smallest absolute Gasteiger partial charge is 0.340 e. The van der Waals surface area contributed by atoms with Crippen LogP contribution in [0.15, 0.2) is 65.6 Å². The third-order valence-electron chi connectivity index (χ3n) is 7.39. The van der Waals surface area contributed by atoms with Gasteiger partial charge in [-0.25, -0.2) is 17.2 Å². The second-order valence-electron chi connectivity index (χ2n) is 9.67. The standard InChI is InChI=1S/C26H23F8NO3S/c27-20-10-12-21(13-11-20)39(37,38)23(14-15-35(16-23)22(36)17-4-2-1-3-5-17)18-6-8-19(9-7-18)24(28,25(29,30)31)26(32,33)34/h1-2,6-13,17H,3-5,14-16H2. The van der Waals surface area contributed by atoms with Gasteiger partial charge in [0, 0.05) is 24.6 Å². The van der Waals surface area contributed by atoms with Gasteiger partial charge in [-0.3, -0.25) is 4.79 Å². The predicted octanol–water partition coefficient (Wildman–Crippen LogP) is 6.37. The molecule has 39 heavy (non-hydrogen) atoms. The van der Waals surface area contributed by atoms with E-state index in [1.807, 2.05) is 12.2 Å². The molecule has 212 valence electrons. The molecule has 0 bridgehead atoms. The summed E-state index contributed by atoms with van der Waals surface area (Å²) in [7, 11) is -4.49. The Labute approximate surface area is 219 Å². The molecule has 0 N–H and O–H groups in total. The van der Waals surface area contributed by atoms with Gasteiger partial charge in [-0.05, 0) is 55.5 Å². The molecule has 0 saturated carbocycles. The number of amides is 1. The minimum atomic E-state index is -6.34. The lowest BCUT2D eigenvalue weighted by atomic mass is 9.90. The molecule has 1 amide bonds. The molecule has 0 aromatic heterocycles. The van der Waals surface area contributed by atoms with Gasteiger partial charge in [0.1, 0.15) is 10.6 Å². The van der Waals surface area contributed by atoms with Crippen LogP contribution in [0.1, 0.15) is 36.8 Å². The fraction of sp³-hybridized carbons (Fsp3) is 0.423.